The van der Waals surface area contributed by atoms with Gasteiger partial charge < -0.3 is 9.88 Å². The lowest BCUT2D eigenvalue weighted by atomic mass is 9.99. The van der Waals surface area contributed by atoms with Crippen molar-refractivity contribution in [1.82, 2.24) is 19.8 Å². The molecule has 5 heteroatoms. The number of aromatic nitrogens is 2. The van der Waals surface area contributed by atoms with Crippen LogP contribution in [0.15, 0.2) is 85.3 Å². The Morgan fingerprint density at radius 1 is 1.00 bits per heavy atom. The van der Waals surface area contributed by atoms with E-state index in [1.54, 1.807) is 0 Å². The zero-order chi connectivity index (χ0) is 24.0. The first-order valence-electron chi connectivity index (χ1n) is 12.2. The van der Waals surface area contributed by atoms with Gasteiger partial charge in [-0.05, 0) is 47.7 Å². The number of hydrogen-bond acceptors (Lipinski definition) is 4. The van der Waals surface area contributed by atoms with E-state index in [0.717, 1.165) is 50.4 Å². The van der Waals surface area contributed by atoms with Crippen molar-refractivity contribution in [3.05, 3.63) is 124 Å². The van der Waals surface area contributed by atoms with Crippen molar-refractivity contribution in [2.75, 3.05) is 13.1 Å². The van der Waals surface area contributed by atoms with Gasteiger partial charge in [-0.1, -0.05) is 66.2 Å². The zero-order valence-corrected chi connectivity index (χ0v) is 20.2. The van der Waals surface area contributed by atoms with E-state index in [1.165, 1.54) is 22.3 Å². The standard InChI is InChI=1S/C30H31N5/c1-23-5-4-6-26(15-23)19-34-14-13-27-7-2-3-8-29(27)30(21-34)33-18-28-17-32-22-35(28)20-25-11-9-24(16-31)10-12-25/h2-12,15,17,22,30,33H,13-14,18-21H2,1H3. The molecular weight excluding hydrogens is 430 g/mol. The summed E-state index contributed by atoms with van der Waals surface area (Å²) in [5.41, 5.74) is 8.51. The van der Waals surface area contributed by atoms with Crippen LogP contribution in [0.5, 0.6) is 0 Å². The van der Waals surface area contributed by atoms with Gasteiger partial charge in [-0.15, -0.1) is 0 Å². The van der Waals surface area contributed by atoms with Crippen molar-refractivity contribution in [3.63, 3.8) is 0 Å². The van der Waals surface area contributed by atoms with Gasteiger partial charge in [0.1, 0.15) is 0 Å². The summed E-state index contributed by atoms with van der Waals surface area (Å²) >= 11 is 0. The molecule has 3 aromatic carbocycles. The van der Waals surface area contributed by atoms with Crippen LogP contribution in [0.2, 0.25) is 0 Å². The molecule has 0 fully saturated rings. The molecule has 0 bridgehead atoms. The summed E-state index contributed by atoms with van der Waals surface area (Å²) in [5, 5.41) is 12.9. The van der Waals surface area contributed by atoms with Crippen molar-refractivity contribution in [1.29, 1.82) is 5.26 Å². The SMILES string of the molecule is Cc1cccc(CN2CCc3ccccc3C(NCc3cncn3Cc3ccc(C#N)cc3)C2)c1. The molecule has 1 atom stereocenters. The molecule has 4 aromatic rings. The van der Waals surface area contributed by atoms with Crippen LogP contribution in [0.4, 0.5) is 0 Å². The zero-order valence-electron chi connectivity index (χ0n) is 20.2. The van der Waals surface area contributed by atoms with Crippen molar-refractivity contribution >= 4 is 0 Å². The average molecular weight is 462 g/mol. The Hall–Kier alpha value is -3.72. The molecule has 2 heterocycles. The van der Waals surface area contributed by atoms with Gasteiger partial charge in [0.15, 0.2) is 0 Å². The molecule has 1 aliphatic heterocycles. The maximum absolute atomic E-state index is 9.05. The molecule has 0 amide bonds. The Bertz CT molecular complexity index is 1320. The maximum Gasteiger partial charge on any atom is 0.0991 e. The predicted octanol–water partition coefficient (Wildman–Crippen LogP) is 5.00. The van der Waals surface area contributed by atoms with E-state index in [2.05, 4.69) is 81.3 Å². The van der Waals surface area contributed by atoms with Crippen LogP contribution in [-0.4, -0.2) is 27.5 Å². The largest absolute Gasteiger partial charge is 0.329 e. The molecule has 0 radical (unpaired) electrons. The van der Waals surface area contributed by atoms with Gasteiger partial charge in [-0.3, -0.25) is 4.90 Å². The molecule has 1 N–H and O–H groups in total. The Labute approximate surface area is 207 Å². The van der Waals surface area contributed by atoms with Gasteiger partial charge in [0.05, 0.1) is 23.7 Å². The summed E-state index contributed by atoms with van der Waals surface area (Å²) in [6, 6.07) is 27.9. The molecular formula is C30H31N5. The molecule has 5 rings (SSSR count). The van der Waals surface area contributed by atoms with Crippen LogP contribution < -0.4 is 5.32 Å². The fraction of sp³-hybridized carbons (Fsp3) is 0.267. The van der Waals surface area contributed by atoms with Crippen LogP contribution in [0.25, 0.3) is 0 Å². The third-order valence-electron chi connectivity index (χ3n) is 6.82. The Morgan fingerprint density at radius 2 is 1.86 bits per heavy atom. The number of nitriles is 1. The lowest BCUT2D eigenvalue weighted by Gasteiger charge is -2.26. The van der Waals surface area contributed by atoms with Crippen molar-refractivity contribution in [2.45, 2.75) is 39.0 Å². The number of rotatable bonds is 7. The Kier molecular flexibility index (Phi) is 7.04. The van der Waals surface area contributed by atoms with Crippen LogP contribution in [0.3, 0.4) is 0 Å². The smallest absolute Gasteiger partial charge is 0.0991 e. The second-order valence-corrected chi connectivity index (χ2v) is 9.43. The molecule has 35 heavy (non-hydrogen) atoms. The third kappa shape index (κ3) is 5.68. The lowest BCUT2D eigenvalue weighted by Crippen LogP contribution is -2.34. The van der Waals surface area contributed by atoms with Crippen LogP contribution in [-0.2, 0) is 26.1 Å². The molecule has 0 saturated carbocycles. The minimum atomic E-state index is 0.247. The second-order valence-electron chi connectivity index (χ2n) is 9.43. The van der Waals surface area contributed by atoms with Crippen LogP contribution >= 0.6 is 0 Å². The number of nitrogens with one attached hydrogen (secondary N) is 1. The summed E-state index contributed by atoms with van der Waals surface area (Å²) in [6.07, 6.45) is 4.90. The van der Waals surface area contributed by atoms with Crippen molar-refractivity contribution in [2.24, 2.45) is 0 Å². The topological polar surface area (TPSA) is 56.9 Å². The Morgan fingerprint density at radius 3 is 2.69 bits per heavy atom. The first-order valence-corrected chi connectivity index (χ1v) is 12.2. The number of aryl methyl sites for hydroxylation is 1. The number of benzene rings is 3. The highest BCUT2D eigenvalue weighted by Gasteiger charge is 2.23. The molecule has 5 nitrogen and oxygen atoms in total. The quantitative estimate of drug-likeness (QED) is 0.421. The van der Waals surface area contributed by atoms with Gasteiger partial charge in [-0.2, -0.15) is 5.26 Å². The normalized spacial score (nSPS) is 15.8. The number of hydrogen-bond donors (Lipinski definition) is 1. The van der Waals surface area contributed by atoms with Gasteiger partial charge in [-0.25, -0.2) is 4.98 Å². The summed E-state index contributed by atoms with van der Waals surface area (Å²) < 4.78 is 2.18. The molecule has 1 unspecified atom stereocenters. The molecule has 0 aliphatic carbocycles. The van der Waals surface area contributed by atoms with Crippen molar-refractivity contribution in [3.8, 4) is 6.07 Å². The first-order chi connectivity index (χ1) is 17.2. The minimum absolute atomic E-state index is 0.247. The molecule has 0 saturated heterocycles. The molecule has 176 valence electrons. The van der Waals surface area contributed by atoms with E-state index in [9.17, 15) is 0 Å². The average Bonchev–Trinajstić information content (AvgIpc) is 3.24. The fourth-order valence-electron chi connectivity index (χ4n) is 4.96. The van der Waals surface area contributed by atoms with Crippen molar-refractivity contribution < 1.29 is 0 Å². The summed E-state index contributed by atoms with van der Waals surface area (Å²) in [6.45, 7) is 6.63. The highest BCUT2D eigenvalue weighted by Crippen LogP contribution is 2.25. The predicted molar refractivity (Wildman–Crippen MR) is 139 cm³/mol. The van der Waals surface area contributed by atoms with Crippen LogP contribution in [0, 0.1) is 18.3 Å². The van der Waals surface area contributed by atoms with E-state index in [1.807, 2.05) is 36.8 Å². The van der Waals surface area contributed by atoms with Gasteiger partial charge >= 0.3 is 0 Å². The molecule has 1 aromatic heterocycles. The van der Waals surface area contributed by atoms with Gasteiger partial charge in [0.25, 0.3) is 0 Å². The van der Waals surface area contributed by atoms with Gasteiger partial charge in [0.2, 0.25) is 0 Å². The third-order valence-corrected chi connectivity index (χ3v) is 6.82. The highest BCUT2D eigenvalue weighted by atomic mass is 15.2. The van der Waals surface area contributed by atoms with E-state index < -0.39 is 0 Å². The number of imidazole rings is 1. The van der Waals surface area contributed by atoms with Crippen LogP contribution in [0.1, 0.15) is 45.1 Å². The maximum atomic E-state index is 9.05. The minimum Gasteiger partial charge on any atom is -0.329 e. The van der Waals surface area contributed by atoms with Gasteiger partial charge in [0, 0.05) is 45.0 Å². The summed E-state index contributed by atoms with van der Waals surface area (Å²) in [7, 11) is 0. The van der Waals surface area contributed by atoms with E-state index >= 15 is 0 Å². The number of fused-ring (bicyclic) bond motifs is 1. The second kappa shape index (κ2) is 10.7. The highest BCUT2D eigenvalue weighted by molar-refractivity contribution is 5.33. The molecule has 1 aliphatic rings. The fourth-order valence-corrected chi connectivity index (χ4v) is 4.96. The van der Waals surface area contributed by atoms with E-state index in [0.29, 0.717) is 5.56 Å². The lowest BCUT2D eigenvalue weighted by molar-refractivity contribution is 0.245. The summed E-state index contributed by atoms with van der Waals surface area (Å²) in [4.78, 5) is 6.99. The first kappa shape index (κ1) is 23.0. The monoisotopic (exact) mass is 461 g/mol. The number of nitrogens with zero attached hydrogens (tertiary/aromatic N) is 4. The molecule has 0 spiro atoms. The van der Waals surface area contributed by atoms with E-state index in [4.69, 9.17) is 5.26 Å². The van der Waals surface area contributed by atoms with E-state index in [-0.39, 0.29) is 6.04 Å². The summed E-state index contributed by atoms with van der Waals surface area (Å²) in [5.74, 6) is 0. The Balaban J connectivity index is 1.30.